The molecule has 0 unspecified atom stereocenters. The third-order valence-electron chi connectivity index (χ3n) is 11.7. The lowest BCUT2D eigenvalue weighted by Gasteiger charge is -2.27. The first-order valence-electron chi connectivity index (χ1n) is 19.4. The Labute approximate surface area is 359 Å². The summed E-state index contributed by atoms with van der Waals surface area (Å²) < 4.78 is 70.6. The molecule has 0 spiro atoms. The number of aromatic carboxylic acids is 2. The van der Waals surface area contributed by atoms with Gasteiger partial charge in [0.1, 0.15) is 0 Å². The van der Waals surface area contributed by atoms with E-state index < -0.39 is 43.0 Å². The summed E-state index contributed by atoms with van der Waals surface area (Å²) in [6.45, 7) is 8.55. The van der Waals surface area contributed by atoms with E-state index in [0.29, 0.717) is 42.1 Å². The predicted octanol–water partition coefficient (Wildman–Crippen LogP) is 9.19. The molecule has 0 saturated carbocycles. The molecular weight excluding hydrogens is 840 g/mol. The summed E-state index contributed by atoms with van der Waals surface area (Å²) >= 11 is 7.20. The molecule has 0 bridgehead atoms. The van der Waals surface area contributed by atoms with Crippen LogP contribution in [0.3, 0.4) is 0 Å². The van der Waals surface area contributed by atoms with Crippen LogP contribution in [-0.4, -0.2) is 58.4 Å². The van der Waals surface area contributed by atoms with Crippen LogP contribution in [0.1, 0.15) is 89.9 Å². The standard InChI is InChI=1S/C46H43ClN2O10S2/c1-45(2)36-24-34(60(54,55)56)18-20-38(36)48(26-28-8-12-32(13-9-28)43(50)51)40(45)22-16-30-6-5-7-31(42(30)47)17-23-41-46(3,4)37-25-35(61(57,58)59)19-21-39(37)49(41)27-29-10-14-33(15-11-29)44(52)53/h8-25H,5-7,26-27H2,1-4H3,(H3-,50,51,52,53,54,55,56,57,58,59)/p+1. The molecule has 2 aliphatic heterocycles. The van der Waals surface area contributed by atoms with Crippen molar-refractivity contribution in [1.29, 1.82) is 0 Å². The number of nitrogens with zero attached hydrogens (tertiary/aromatic N) is 2. The first-order chi connectivity index (χ1) is 28.6. The van der Waals surface area contributed by atoms with Crippen LogP contribution < -0.4 is 4.90 Å². The molecule has 316 valence electrons. The molecule has 61 heavy (non-hydrogen) atoms. The van der Waals surface area contributed by atoms with Gasteiger partial charge in [-0.2, -0.15) is 21.4 Å². The van der Waals surface area contributed by atoms with Crippen molar-refractivity contribution in [2.24, 2.45) is 0 Å². The molecule has 4 aromatic carbocycles. The highest BCUT2D eigenvalue weighted by atomic mass is 35.5. The van der Waals surface area contributed by atoms with Crippen LogP contribution >= 0.6 is 11.6 Å². The fraction of sp³-hybridized carbons (Fsp3) is 0.239. The lowest BCUT2D eigenvalue weighted by Crippen LogP contribution is -2.27. The van der Waals surface area contributed by atoms with E-state index >= 15 is 0 Å². The molecule has 15 heteroatoms. The number of fused-ring (bicyclic) bond motifs is 2. The summed E-state index contributed by atoms with van der Waals surface area (Å²) in [5.41, 5.74) is 6.75. The number of rotatable bonds is 11. The van der Waals surface area contributed by atoms with Crippen LogP contribution in [0.25, 0.3) is 0 Å². The van der Waals surface area contributed by atoms with E-state index in [9.17, 15) is 45.7 Å². The zero-order valence-electron chi connectivity index (χ0n) is 33.8. The molecule has 12 nitrogen and oxygen atoms in total. The molecule has 1 aliphatic carbocycles. The number of benzene rings is 4. The van der Waals surface area contributed by atoms with Crippen LogP contribution in [0, 0.1) is 0 Å². The first kappa shape index (κ1) is 43.4. The Morgan fingerprint density at radius 3 is 1.85 bits per heavy atom. The number of allylic oxidation sites excluding steroid dienone is 8. The van der Waals surface area contributed by atoms with Crippen molar-refractivity contribution in [2.45, 2.75) is 80.7 Å². The number of carboxylic acid groups (broad SMARTS) is 2. The van der Waals surface area contributed by atoms with Gasteiger partial charge in [-0.25, -0.2) is 9.59 Å². The minimum Gasteiger partial charge on any atom is -0.478 e. The number of carbonyl (C=O) groups is 2. The Kier molecular flexibility index (Phi) is 11.4. The monoisotopic (exact) mass is 883 g/mol. The van der Waals surface area contributed by atoms with E-state index in [-0.39, 0.29) is 20.9 Å². The average Bonchev–Trinajstić information content (AvgIpc) is 3.53. The summed E-state index contributed by atoms with van der Waals surface area (Å²) in [5, 5.41) is 19.4. The first-order valence-corrected chi connectivity index (χ1v) is 22.6. The van der Waals surface area contributed by atoms with Gasteiger partial charge < -0.3 is 15.1 Å². The largest absolute Gasteiger partial charge is 0.478 e. The third-order valence-corrected chi connectivity index (χ3v) is 13.9. The van der Waals surface area contributed by atoms with Crippen molar-refractivity contribution in [3.63, 3.8) is 0 Å². The summed E-state index contributed by atoms with van der Waals surface area (Å²) in [6.07, 6.45) is 10.0. The van der Waals surface area contributed by atoms with E-state index in [2.05, 4.69) is 0 Å². The van der Waals surface area contributed by atoms with E-state index in [1.54, 1.807) is 36.4 Å². The fourth-order valence-electron chi connectivity index (χ4n) is 8.41. The van der Waals surface area contributed by atoms with Crippen LogP contribution in [0.5, 0.6) is 0 Å². The van der Waals surface area contributed by atoms with Gasteiger partial charge in [0.2, 0.25) is 5.69 Å². The zero-order valence-corrected chi connectivity index (χ0v) is 36.1. The maximum Gasteiger partial charge on any atom is 0.335 e. The summed E-state index contributed by atoms with van der Waals surface area (Å²) in [7, 11) is -8.97. The highest BCUT2D eigenvalue weighted by Gasteiger charge is 2.45. The Morgan fingerprint density at radius 1 is 0.721 bits per heavy atom. The molecule has 0 amide bonds. The number of carboxylic acids is 2. The number of anilines is 1. The van der Waals surface area contributed by atoms with Gasteiger partial charge >= 0.3 is 11.9 Å². The van der Waals surface area contributed by atoms with Gasteiger partial charge in [-0.1, -0.05) is 61.9 Å². The quantitative estimate of drug-likeness (QED) is 0.0830. The van der Waals surface area contributed by atoms with Gasteiger partial charge in [0.15, 0.2) is 12.3 Å². The maximum absolute atomic E-state index is 12.2. The van der Waals surface area contributed by atoms with E-state index in [1.165, 1.54) is 48.5 Å². The second-order valence-electron chi connectivity index (χ2n) is 16.4. The number of hydrogen-bond acceptors (Lipinski definition) is 7. The molecule has 4 aromatic rings. The number of hydrogen-bond donors (Lipinski definition) is 4. The van der Waals surface area contributed by atoms with Crippen molar-refractivity contribution >= 4 is 60.9 Å². The lowest BCUT2D eigenvalue weighted by atomic mass is 9.81. The second-order valence-corrected chi connectivity index (χ2v) is 19.6. The summed E-state index contributed by atoms with van der Waals surface area (Å²) in [4.78, 5) is 24.7. The fourth-order valence-corrected chi connectivity index (χ4v) is 9.74. The van der Waals surface area contributed by atoms with E-state index in [0.717, 1.165) is 51.5 Å². The predicted molar refractivity (Wildman–Crippen MR) is 232 cm³/mol. The molecule has 7 rings (SSSR count). The van der Waals surface area contributed by atoms with Crippen LogP contribution in [0.15, 0.2) is 141 Å². The normalized spacial score (nSPS) is 18.6. The molecule has 0 fully saturated rings. The van der Waals surface area contributed by atoms with Crippen LogP contribution in [0.2, 0.25) is 0 Å². The Morgan fingerprint density at radius 2 is 1.28 bits per heavy atom. The molecule has 2 heterocycles. The van der Waals surface area contributed by atoms with Gasteiger partial charge in [0, 0.05) is 51.6 Å². The lowest BCUT2D eigenvalue weighted by molar-refractivity contribution is -0.455. The van der Waals surface area contributed by atoms with Gasteiger partial charge in [0.05, 0.1) is 26.3 Å². The van der Waals surface area contributed by atoms with Gasteiger partial charge in [-0.3, -0.25) is 9.11 Å². The van der Waals surface area contributed by atoms with Gasteiger partial charge in [-0.05, 0) is 116 Å². The van der Waals surface area contributed by atoms with Crippen LogP contribution in [-0.2, 0) is 44.2 Å². The molecule has 3 aliphatic rings. The number of halogens is 1. The Hall–Kier alpha value is -5.64. The summed E-state index contributed by atoms with van der Waals surface area (Å²) in [6, 6.07) is 22.1. The zero-order chi connectivity index (χ0) is 44.2. The van der Waals surface area contributed by atoms with Gasteiger partial charge in [-0.15, -0.1) is 0 Å². The topological polar surface area (TPSA) is 190 Å². The van der Waals surface area contributed by atoms with Crippen LogP contribution in [0.4, 0.5) is 11.4 Å². The van der Waals surface area contributed by atoms with Crippen molar-refractivity contribution in [2.75, 3.05) is 4.90 Å². The summed E-state index contributed by atoms with van der Waals surface area (Å²) in [5.74, 6) is -2.08. The molecular formula is C46H44ClN2O10S2+. The second kappa shape index (κ2) is 16.0. The van der Waals surface area contributed by atoms with Gasteiger partial charge in [0.25, 0.3) is 20.2 Å². The van der Waals surface area contributed by atoms with Crippen molar-refractivity contribution in [3.8, 4) is 0 Å². The van der Waals surface area contributed by atoms with Crippen molar-refractivity contribution in [1.82, 2.24) is 0 Å². The third kappa shape index (κ3) is 8.51. The average molecular weight is 884 g/mol. The highest BCUT2D eigenvalue weighted by molar-refractivity contribution is 7.86. The minimum absolute atomic E-state index is 0.151. The molecule has 0 atom stereocenters. The van der Waals surface area contributed by atoms with E-state index in [1.807, 2.05) is 61.5 Å². The smallest absolute Gasteiger partial charge is 0.335 e. The van der Waals surface area contributed by atoms with Crippen molar-refractivity contribution < 1.29 is 50.3 Å². The SMILES string of the molecule is CC1(C)C(=CC=C2CCCC(C=CC3=[N+](Cc4ccc(C(=O)O)cc4)c4ccc(S(=O)(=O)O)cc4C3(C)C)=C2Cl)N(Cc2ccc(C(=O)O)cc2)c2ccc(S(=O)(=O)O)cc21. The molecule has 0 radical (unpaired) electrons. The Bertz CT molecular complexity index is 2890. The Balaban J connectivity index is 1.28. The molecule has 4 N–H and O–H groups in total. The maximum atomic E-state index is 12.2. The minimum atomic E-state index is -4.48. The highest BCUT2D eigenvalue weighted by Crippen LogP contribution is 2.50. The molecule has 0 saturated heterocycles. The van der Waals surface area contributed by atoms with Crippen molar-refractivity contribution in [3.05, 3.63) is 164 Å². The van der Waals surface area contributed by atoms with E-state index in [4.69, 9.17) is 11.6 Å². The molecule has 0 aromatic heterocycles.